The minimum atomic E-state index is -0.513. The van der Waals surface area contributed by atoms with Gasteiger partial charge in [-0.2, -0.15) is 0 Å². The van der Waals surface area contributed by atoms with Crippen LogP contribution in [0.25, 0.3) is 0 Å². The molecule has 2 heterocycles. The third-order valence-corrected chi connectivity index (χ3v) is 4.64. The summed E-state index contributed by atoms with van der Waals surface area (Å²) in [7, 11) is 0. The molecular formula is C16H20O4. The Kier molecular flexibility index (Phi) is 3.66. The molecule has 1 N–H and O–H groups in total. The van der Waals surface area contributed by atoms with E-state index in [0.717, 1.165) is 38.4 Å². The first-order valence-corrected chi connectivity index (χ1v) is 7.27. The second kappa shape index (κ2) is 5.44. The lowest BCUT2D eigenvalue weighted by Crippen LogP contribution is -2.30. The van der Waals surface area contributed by atoms with E-state index in [9.17, 15) is 9.90 Å². The zero-order valence-electron chi connectivity index (χ0n) is 11.5. The van der Waals surface area contributed by atoms with Gasteiger partial charge >= 0.3 is 5.63 Å². The summed E-state index contributed by atoms with van der Waals surface area (Å²) in [6.07, 6.45) is 6.52. The number of ether oxygens (including phenoxy) is 1. The smallest absolute Gasteiger partial charge is 0.339 e. The van der Waals surface area contributed by atoms with E-state index >= 15 is 0 Å². The SMILES string of the molecule is C=CC(c1cc(O)cc(=O)o1)C1CCC2OCCCC21. The largest absolute Gasteiger partial charge is 0.508 e. The Morgan fingerprint density at radius 2 is 2.20 bits per heavy atom. The maximum Gasteiger partial charge on any atom is 0.339 e. The Morgan fingerprint density at radius 3 is 2.95 bits per heavy atom. The van der Waals surface area contributed by atoms with Gasteiger partial charge in [0.25, 0.3) is 0 Å². The first-order chi connectivity index (χ1) is 9.69. The standard InChI is InChI=1S/C16H20O4/c1-2-11(15-8-10(17)9-16(18)20-15)12-5-6-14-13(12)4-3-7-19-14/h2,8-9,11-14,17H,1,3-7H2. The highest BCUT2D eigenvalue weighted by Gasteiger charge is 2.42. The molecule has 2 aliphatic rings. The number of rotatable bonds is 3. The number of hydrogen-bond acceptors (Lipinski definition) is 4. The molecule has 108 valence electrons. The van der Waals surface area contributed by atoms with Crippen molar-refractivity contribution in [2.75, 3.05) is 6.61 Å². The van der Waals surface area contributed by atoms with Gasteiger partial charge in [-0.1, -0.05) is 6.08 Å². The first kappa shape index (κ1) is 13.4. The summed E-state index contributed by atoms with van der Waals surface area (Å²) >= 11 is 0. The summed E-state index contributed by atoms with van der Waals surface area (Å²) in [5.74, 6) is 1.31. The summed E-state index contributed by atoms with van der Waals surface area (Å²) in [6.45, 7) is 4.75. The van der Waals surface area contributed by atoms with Gasteiger partial charge in [0.05, 0.1) is 12.2 Å². The zero-order chi connectivity index (χ0) is 14.1. The van der Waals surface area contributed by atoms with Crippen LogP contribution in [0.2, 0.25) is 0 Å². The second-order valence-corrected chi connectivity index (χ2v) is 5.76. The highest BCUT2D eigenvalue weighted by Crippen LogP contribution is 2.47. The van der Waals surface area contributed by atoms with Crippen molar-refractivity contribution in [2.45, 2.75) is 37.7 Å². The highest BCUT2D eigenvalue weighted by atomic mass is 16.5. The van der Waals surface area contributed by atoms with E-state index in [1.807, 2.05) is 6.08 Å². The van der Waals surface area contributed by atoms with Gasteiger partial charge in [-0.05, 0) is 37.5 Å². The van der Waals surface area contributed by atoms with Gasteiger partial charge < -0.3 is 14.3 Å². The van der Waals surface area contributed by atoms with Crippen molar-refractivity contribution >= 4 is 0 Å². The minimum Gasteiger partial charge on any atom is -0.508 e. The molecule has 20 heavy (non-hydrogen) atoms. The fourth-order valence-corrected chi connectivity index (χ4v) is 3.82. The molecule has 4 nitrogen and oxygen atoms in total. The first-order valence-electron chi connectivity index (χ1n) is 7.27. The maximum atomic E-state index is 11.4. The van der Waals surface area contributed by atoms with Gasteiger partial charge in [0.15, 0.2) is 0 Å². The topological polar surface area (TPSA) is 59.7 Å². The van der Waals surface area contributed by atoms with Crippen LogP contribution >= 0.6 is 0 Å². The predicted molar refractivity (Wildman–Crippen MR) is 74.8 cm³/mol. The number of fused-ring (bicyclic) bond motifs is 1. The van der Waals surface area contributed by atoms with Crippen LogP contribution in [0.15, 0.2) is 34.0 Å². The minimum absolute atomic E-state index is 0.0356. The van der Waals surface area contributed by atoms with Crippen LogP contribution in [0.4, 0.5) is 0 Å². The average molecular weight is 276 g/mol. The molecule has 0 aromatic carbocycles. The van der Waals surface area contributed by atoms with Crippen LogP contribution in [-0.4, -0.2) is 17.8 Å². The summed E-state index contributed by atoms with van der Waals surface area (Å²) < 4.78 is 11.1. The second-order valence-electron chi connectivity index (χ2n) is 5.76. The molecule has 4 atom stereocenters. The molecule has 4 unspecified atom stereocenters. The van der Waals surface area contributed by atoms with E-state index in [1.165, 1.54) is 6.07 Å². The molecule has 0 bridgehead atoms. The van der Waals surface area contributed by atoms with Crippen molar-refractivity contribution in [3.8, 4) is 5.75 Å². The highest BCUT2D eigenvalue weighted by molar-refractivity contribution is 5.24. The molecule has 1 aromatic rings. The van der Waals surface area contributed by atoms with Crippen molar-refractivity contribution in [3.05, 3.63) is 41.0 Å². The average Bonchev–Trinajstić information content (AvgIpc) is 2.83. The molecule has 0 amide bonds. The van der Waals surface area contributed by atoms with Crippen molar-refractivity contribution in [1.29, 1.82) is 0 Å². The van der Waals surface area contributed by atoms with Crippen LogP contribution < -0.4 is 5.63 Å². The molecule has 1 saturated heterocycles. The fourth-order valence-electron chi connectivity index (χ4n) is 3.82. The van der Waals surface area contributed by atoms with E-state index in [0.29, 0.717) is 23.7 Å². The monoisotopic (exact) mass is 276 g/mol. The molecular weight excluding hydrogens is 256 g/mol. The Morgan fingerprint density at radius 1 is 1.35 bits per heavy atom. The van der Waals surface area contributed by atoms with E-state index in [4.69, 9.17) is 9.15 Å². The summed E-state index contributed by atoms with van der Waals surface area (Å²) in [6, 6.07) is 2.62. The molecule has 4 heteroatoms. The third-order valence-electron chi connectivity index (χ3n) is 4.64. The number of hydrogen-bond donors (Lipinski definition) is 1. The Hall–Kier alpha value is -1.55. The lowest BCUT2D eigenvalue weighted by atomic mass is 9.79. The van der Waals surface area contributed by atoms with Crippen LogP contribution in [0.3, 0.4) is 0 Å². The van der Waals surface area contributed by atoms with Crippen molar-refractivity contribution in [2.24, 2.45) is 11.8 Å². The van der Waals surface area contributed by atoms with E-state index in [1.54, 1.807) is 0 Å². The molecule has 1 saturated carbocycles. The van der Waals surface area contributed by atoms with Gasteiger partial charge in [-0.25, -0.2) is 4.79 Å². The van der Waals surface area contributed by atoms with Crippen LogP contribution in [0.1, 0.15) is 37.4 Å². The summed E-state index contributed by atoms with van der Waals surface area (Å²) in [4.78, 5) is 11.4. The lowest BCUT2D eigenvalue weighted by molar-refractivity contribution is -0.0205. The van der Waals surface area contributed by atoms with E-state index < -0.39 is 5.63 Å². The van der Waals surface area contributed by atoms with Gasteiger partial charge in [-0.3, -0.25) is 0 Å². The molecule has 0 spiro atoms. The number of allylic oxidation sites excluding steroid dienone is 1. The quantitative estimate of drug-likeness (QED) is 0.862. The van der Waals surface area contributed by atoms with Gasteiger partial charge in [-0.15, -0.1) is 6.58 Å². The van der Waals surface area contributed by atoms with Crippen LogP contribution in [0.5, 0.6) is 5.75 Å². The van der Waals surface area contributed by atoms with Crippen molar-refractivity contribution in [1.82, 2.24) is 0 Å². The summed E-state index contributed by atoms with van der Waals surface area (Å²) in [5, 5.41) is 9.59. The lowest BCUT2D eigenvalue weighted by Gasteiger charge is -2.32. The Labute approximate surface area is 118 Å². The predicted octanol–water partition coefficient (Wildman–Crippen LogP) is 2.82. The van der Waals surface area contributed by atoms with Gasteiger partial charge in [0.2, 0.25) is 0 Å². The van der Waals surface area contributed by atoms with Crippen molar-refractivity contribution in [3.63, 3.8) is 0 Å². The van der Waals surface area contributed by atoms with Crippen LogP contribution in [0, 0.1) is 11.8 Å². The maximum absolute atomic E-state index is 11.4. The van der Waals surface area contributed by atoms with Crippen molar-refractivity contribution < 1.29 is 14.3 Å². The fraction of sp³-hybridized carbons (Fsp3) is 0.562. The normalized spacial score (nSPS) is 30.7. The third kappa shape index (κ3) is 2.40. The molecule has 2 fully saturated rings. The summed E-state index contributed by atoms with van der Waals surface area (Å²) in [5.41, 5.74) is -0.513. The van der Waals surface area contributed by atoms with E-state index in [-0.39, 0.29) is 11.7 Å². The molecule has 1 aliphatic heterocycles. The Bertz CT molecular complexity index is 548. The molecule has 0 radical (unpaired) electrons. The molecule has 1 aliphatic carbocycles. The van der Waals surface area contributed by atoms with Gasteiger partial charge in [0, 0.05) is 18.6 Å². The van der Waals surface area contributed by atoms with Gasteiger partial charge in [0.1, 0.15) is 11.5 Å². The molecule has 3 rings (SSSR count). The molecule has 1 aromatic heterocycles. The zero-order valence-corrected chi connectivity index (χ0v) is 11.5. The number of aromatic hydroxyl groups is 1. The Balaban J connectivity index is 1.89. The van der Waals surface area contributed by atoms with E-state index in [2.05, 4.69) is 6.58 Å². The van der Waals surface area contributed by atoms with Crippen LogP contribution in [-0.2, 0) is 4.74 Å².